The van der Waals surface area contributed by atoms with E-state index in [0.717, 1.165) is 0 Å². The number of nitro groups is 1. The van der Waals surface area contributed by atoms with Crippen LogP contribution in [0, 0.1) is 16.0 Å². The molecular formula is C18H22N2O6. The van der Waals surface area contributed by atoms with Gasteiger partial charge < -0.3 is 10.1 Å². The molecule has 140 valence electrons. The smallest absolute Gasteiger partial charge is 0.328 e. The van der Waals surface area contributed by atoms with Gasteiger partial charge in [-0.2, -0.15) is 0 Å². The van der Waals surface area contributed by atoms with E-state index < -0.39 is 28.6 Å². The first-order valence-corrected chi connectivity index (χ1v) is 8.12. The number of rotatable bonds is 8. The molecule has 0 spiro atoms. The van der Waals surface area contributed by atoms with E-state index in [1.165, 1.54) is 37.3 Å². The van der Waals surface area contributed by atoms with E-state index in [1.807, 2.05) is 0 Å². The fourth-order valence-electron chi connectivity index (χ4n) is 2.17. The van der Waals surface area contributed by atoms with Crippen LogP contribution < -0.4 is 5.32 Å². The molecule has 8 nitrogen and oxygen atoms in total. The Bertz CT molecular complexity index is 739. The zero-order chi connectivity index (χ0) is 19.9. The van der Waals surface area contributed by atoms with Crippen LogP contribution >= 0.6 is 0 Å². The van der Waals surface area contributed by atoms with E-state index in [0.29, 0.717) is 5.56 Å². The zero-order valence-corrected chi connectivity index (χ0v) is 15.1. The Morgan fingerprint density at radius 2 is 1.96 bits per heavy atom. The molecule has 0 saturated heterocycles. The summed E-state index contributed by atoms with van der Waals surface area (Å²) in [5, 5.41) is 13.4. The third kappa shape index (κ3) is 5.80. The van der Waals surface area contributed by atoms with Crippen LogP contribution in [-0.4, -0.2) is 35.2 Å². The summed E-state index contributed by atoms with van der Waals surface area (Å²) in [4.78, 5) is 46.6. The van der Waals surface area contributed by atoms with E-state index in [2.05, 4.69) is 5.32 Å². The summed E-state index contributed by atoms with van der Waals surface area (Å²) in [5.41, 5.74) is -0.0362. The Morgan fingerprint density at radius 3 is 2.46 bits per heavy atom. The molecule has 8 heteroatoms. The van der Waals surface area contributed by atoms with Crippen molar-refractivity contribution in [3.05, 3.63) is 45.5 Å². The molecule has 0 aliphatic carbocycles. The van der Waals surface area contributed by atoms with Crippen LogP contribution in [0.25, 0.3) is 6.08 Å². The van der Waals surface area contributed by atoms with Gasteiger partial charge in [-0.1, -0.05) is 26.0 Å². The molecule has 0 fully saturated rings. The van der Waals surface area contributed by atoms with Crippen LogP contribution in [0.4, 0.5) is 5.69 Å². The number of non-ortho nitro benzene ring substituents is 1. The summed E-state index contributed by atoms with van der Waals surface area (Å²) < 4.78 is 4.93. The van der Waals surface area contributed by atoms with Gasteiger partial charge in [0.1, 0.15) is 6.04 Å². The number of benzene rings is 1. The number of Topliss-reactive ketones (excluding diaryl/α,β-unsaturated/α-hetero) is 1. The standard InChI is InChI=1S/C18H22N2O6/c1-5-26-18(23)16(11(2)3)19-17(22)15(12(4)21)10-13-7-6-8-14(9-13)20(24)25/h6-11,16H,5H2,1-4H3,(H,19,22)/b15-10+/t16-/m0/s1. The highest BCUT2D eigenvalue weighted by Gasteiger charge is 2.27. The summed E-state index contributed by atoms with van der Waals surface area (Å²) in [7, 11) is 0. The third-order valence-electron chi connectivity index (χ3n) is 3.51. The summed E-state index contributed by atoms with van der Waals surface area (Å²) in [6.07, 6.45) is 1.26. The van der Waals surface area contributed by atoms with Crippen molar-refractivity contribution < 1.29 is 24.0 Å². The molecule has 0 unspecified atom stereocenters. The average Bonchev–Trinajstić information content (AvgIpc) is 2.57. The largest absolute Gasteiger partial charge is 0.464 e. The van der Waals surface area contributed by atoms with Gasteiger partial charge in [-0.15, -0.1) is 0 Å². The number of esters is 1. The van der Waals surface area contributed by atoms with Crippen molar-refractivity contribution >= 4 is 29.4 Å². The normalized spacial score (nSPS) is 12.4. The lowest BCUT2D eigenvalue weighted by molar-refractivity contribution is -0.384. The second-order valence-electron chi connectivity index (χ2n) is 5.91. The van der Waals surface area contributed by atoms with Crippen molar-refractivity contribution in [1.82, 2.24) is 5.32 Å². The molecular weight excluding hydrogens is 340 g/mol. The first kappa shape index (κ1) is 21.0. The number of amides is 1. The van der Waals surface area contributed by atoms with Gasteiger partial charge in [-0.3, -0.25) is 19.7 Å². The van der Waals surface area contributed by atoms with Gasteiger partial charge in [0.05, 0.1) is 17.1 Å². The van der Waals surface area contributed by atoms with E-state index in [9.17, 15) is 24.5 Å². The molecule has 0 heterocycles. The first-order chi connectivity index (χ1) is 12.2. The molecule has 1 amide bonds. The second kappa shape index (κ2) is 9.45. The number of carbonyl (C=O) groups excluding carboxylic acids is 3. The fraction of sp³-hybridized carbons (Fsp3) is 0.389. The highest BCUT2D eigenvalue weighted by Crippen LogP contribution is 2.16. The second-order valence-corrected chi connectivity index (χ2v) is 5.91. The topological polar surface area (TPSA) is 116 Å². The van der Waals surface area contributed by atoms with Crippen molar-refractivity contribution in [3.8, 4) is 0 Å². The Morgan fingerprint density at radius 1 is 1.31 bits per heavy atom. The maximum absolute atomic E-state index is 12.5. The first-order valence-electron chi connectivity index (χ1n) is 8.12. The van der Waals surface area contributed by atoms with Crippen LogP contribution in [-0.2, 0) is 19.1 Å². The highest BCUT2D eigenvalue weighted by molar-refractivity contribution is 6.22. The molecule has 0 aliphatic heterocycles. The monoisotopic (exact) mass is 362 g/mol. The molecule has 0 aromatic heterocycles. The molecule has 1 atom stereocenters. The van der Waals surface area contributed by atoms with E-state index in [1.54, 1.807) is 20.8 Å². The Kier molecular flexibility index (Phi) is 7.64. The summed E-state index contributed by atoms with van der Waals surface area (Å²) in [6, 6.07) is 4.64. The van der Waals surface area contributed by atoms with Crippen LogP contribution in [0.5, 0.6) is 0 Å². The van der Waals surface area contributed by atoms with Crippen molar-refractivity contribution in [2.75, 3.05) is 6.61 Å². The molecule has 1 aromatic rings. The SMILES string of the molecule is CCOC(=O)[C@@H](NC(=O)/C(=C/c1cccc([N+](=O)[O-])c1)C(C)=O)C(C)C. The van der Waals surface area contributed by atoms with Gasteiger partial charge in [0.25, 0.3) is 11.6 Å². The minimum atomic E-state index is -0.907. The fourth-order valence-corrected chi connectivity index (χ4v) is 2.17. The van der Waals surface area contributed by atoms with Gasteiger partial charge >= 0.3 is 5.97 Å². The Hall–Kier alpha value is -3.03. The van der Waals surface area contributed by atoms with Crippen molar-refractivity contribution in [1.29, 1.82) is 0 Å². The number of nitrogens with zero attached hydrogens (tertiary/aromatic N) is 1. The molecule has 1 aromatic carbocycles. The minimum absolute atomic E-state index is 0.159. The number of hydrogen-bond donors (Lipinski definition) is 1. The van der Waals surface area contributed by atoms with Gasteiger partial charge in [0.15, 0.2) is 5.78 Å². The van der Waals surface area contributed by atoms with Crippen LogP contribution in [0.2, 0.25) is 0 Å². The minimum Gasteiger partial charge on any atom is -0.464 e. The van der Waals surface area contributed by atoms with E-state index in [4.69, 9.17) is 4.74 Å². The lowest BCUT2D eigenvalue weighted by Gasteiger charge is -2.20. The van der Waals surface area contributed by atoms with Gasteiger partial charge in [0, 0.05) is 12.1 Å². The number of ketones is 1. The lowest BCUT2D eigenvalue weighted by atomic mass is 10.0. The quantitative estimate of drug-likeness (QED) is 0.189. The predicted octanol–water partition coefficient (Wildman–Crippen LogP) is 2.27. The molecule has 0 bridgehead atoms. The average molecular weight is 362 g/mol. The number of nitro benzene ring substituents is 1. The van der Waals surface area contributed by atoms with Crippen LogP contribution in [0.1, 0.15) is 33.3 Å². The highest BCUT2D eigenvalue weighted by atomic mass is 16.6. The van der Waals surface area contributed by atoms with Crippen molar-refractivity contribution in [2.24, 2.45) is 5.92 Å². The summed E-state index contributed by atoms with van der Waals surface area (Å²) >= 11 is 0. The summed E-state index contributed by atoms with van der Waals surface area (Å²) in [6.45, 7) is 6.50. The molecule has 0 radical (unpaired) electrons. The zero-order valence-electron chi connectivity index (χ0n) is 15.1. The van der Waals surface area contributed by atoms with E-state index in [-0.39, 0.29) is 23.8 Å². The Balaban J connectivity index is 3.14. The van der Waals surface area contributed by atoms with Crippen LogP contribution in [0.15, 0.2) is 29.8 Å². The summed E-state index contributed by atoms with van der Waals surface area (Å²) in [5.74, 6) is -2.10. The van der Waals surface area contributed by atoms with E-state index >= 15 is 0 Å². The number of ether oxygens (including phenoxy) is 1. The lowest BCUT2D eigenvalue weighted by Crippen LogP contribution is -2.46. The molecule has 26 heavy (non-hydrogen) atoms. The van der Waals surface area contributed by atoms with Gasteiger partial charge in [0.2, 0.25) is 0 Å². The van der Waals surface area contributed by atoms with Gasteiger partial charge in [-0.05, 0) is 31.4 Å². The van der Waals surface area contributed by atoms with Crippen LogP contribution in [0.3, 0.4) is 0 Å². The Labute approximate surface area is 151 Å². The number of hydrogen-bond acceptors (Lipinski definition) is 6. The maximum atomic E-state index is 12.5. The molecule has 1 rings (SSSR count). The van der Waals surface area contributed by atoms with Gasteiger partial charge in [-0.25, -0.2) is 4.79 Å². The third-order valence-corrected chi connectivity index (χ3v) is 3.51. The number of nitrogens with one attached hydrogen (secondary N) is 1. The number of carbonyl (C=O) groups is 3. The maximum Gasteiger partial charge on any atom is 0.328 e. The predicted molar refractivity (Wildman–Crippen MR) is 95.2 cm³/mol. The van der Waals surface area contributed by atoms with Crippen molar-refractivity contribution in [3.63, 3.8) is 0 Å². The van der Waals surface area contributed by atoms with Crippen molar-refractivity contribution in [2.45, 2.75) is 33.7 Å². The molecule has 0 aliphatic rings. The molecule has 0 saturated carbocycles. The molecule has 1 N–H and O–H groups in total.